The highest BCUT2D eigenvalue weighted by molar-refractivity contribution is 7.26. The lowest BCUT2D eigenvalue weighted by Gasteiger charge is -2.33. The second-order valence-electron chi connectivity index (χ2n) is 19.8. The van der Waals surface area contributed by atoms with Gasteiger partial charge in [0.25, 0.3) is 0 Å². The van der Waals surface area contributed by atoms with E-state index >= 15 is 0 Å². The van der Waals surface area contributed by atoms with Gasteiger partial charge in [0.2, 0.25) is 0 Å². The molecule has 0 aliphatic heterocycles. The fourth-order valence-electron chi connectivity index (χ4n) is 12.3. The number of aromatic nitrogens is 3. The highest BCUT2D eigenvalue weighted by atomic mass is 32.1. The van der Waals surface area contributed by atoms with Crippen LogP contribution in [0.5, 0.6) is 0 Å². The molecule has 11 aromatic carbocycles. The van der Waals surface area contributed by atoms with E-state index in [1.54, 1.807) is 11.3 Å². The highest BCUT2D eigenvalue weighted by Crippen LogP contribution is 2.58. The Hall–Kier alpha value is -9.75. The van der Waals surface area contributed by atoms with E-state index in [1.165, 1.54) is 37.7 Å². The van der Waals surface area contributed by atoms with Crippen molar-refractivity contribution >= 4 is 75.4 Å². The van der Waals surface area contributed by atoms with Crippen molar-refractivity contribution < 1.29 is 8.83 Å². The van der Waals surface area contributed by atoms with Crippen LogP contribution in [-0.2, 0) is 5.41 Å². The molecule has 354 valence electrons. The van der Waals surface area contributed by atoms with E-state index in [-0.39, 0.29) is 0 Å². The zero-order valence-electron chi connectivity index (χ0n) is 40.7. The Morgan fingerprint density at radius 2 is 0.776 bits per heavy atom. The Labute approximate surface area is 440 Å². The van der Waals surface area contributed by atoms with Gasteiger partial charge in [-0.25, -0.2) is 15.0 Å². The molecule has 16 rings (SSSR count). The standard InChI is InChI=1S/C70H41N3O2S/c1-3-17-47(18-4-1)70(48-19-5-2-6-20-48)58-28-11-7-24-53(58)65-54(26-16-29-59(65)70)68-71-67(72-69(73-68)55-27-15-25-52-51-23-10-14-32-64(51)76-66(52)55)46-38-44(42-33-35-62-56(40-42)49-21-8-12-30-60(49)74-62)37-45(39-46)43-34-36-63-57(41-43)50-22-9-13-31-61(50)75-63/h1-41H. The first-order chi connectivity index (χ1) is 37.6. The van der Waals surface area contributed by atoms with Gasteiger partial charge in [0, 0.05) is 58.4 Å². The van der Waals surface area contributed by atoms with Gasteiger partial charge in [-0.2, -0.15) is 0 Å². The van der Waals surface area contributed by atoms with E-state index in [1.807, 2.05) is 24.3 Å². The minimum Gasteiger partial charge on any atom is -0.456 e. The van der Waals surface area contributed by atoms with Gasteiger partial charge in [-0.3, -0.25) is 0 Å². The number of rotatable bonds is 7. The molecule has 4 heterocycles. The van der Waals surface area contributed by atoms with Crippen molar-refractivity contribution in [2.24, 2.45) is 0 Å². The minimum atomic E-state index is -0.599. The van der Waals surface area contributed by atoms with Crippen LogP contribution < -0.4 is 0 Å². The third-order valence-corrected chi connectivity index (χ3v) is 16.8. The van der Waals surface area contributed by atoms with Crippen molar-refractivity contribution in [3.63, 3.8) is 0 Å². The summed E-state index contributed by atoms with van der Waals surface area (Å²) in [6, 6.07) is 88.8. The van der Waals surface area contributed by atoms with Crippen LogP contribution in [0.25, 0.3) is 132 Å². The van der Waals surface area contributed by atoms with Crippen molar-refractivity contribution in [1.29, 1.82) is 0 Å². The fourth-order valence-corrected chi connectivity index (χ4v) is 13.5. The van der Waals surface area contributed by atoms with Crippen LogP contribution in [-0.4, -0.2) is 15.0 Å². The Bertz CT molecular complexity index is 4670. The summed E-state index contributed by atoms with van der Waals surface area (Å²) in [6.07, 6.45) is 0. The molecule has 0 spiro atoms. The largest absolute Gasteiger partial charge is 0.456 e. The zero-order chi connectivity index (χ0) is 49.9. The molecule has 0 saturated heterocycles. The Balaban J connectivity index is 0.976. The fraction of sp³-hybridized carbons (Fsp3) is 0.0143. The average Bonchev–Trinajstić information content (AvgIpc) is 4.40. The molecule has 1 aliphatic rings. The van der Waals surface area contributed by atoms with Crippen LogP contribution in [0.3, 0.4) is 0 Å². The van der Waals surface area contributed by atoms with Gasteiger partial charge in [0.05, 0.1) is 5.41 Å². The lowest BCUT2D eigenvalue weighted by atomic mass is 9.67. The molecule has 1 aliphatic carbocycles. The van der Waals surface area contributed by atoms with Crippen molar-refractivity contribution in [2.75, 3.05) is 0 Å². The summed E-state index contributed by atoms with van der Waals surface area (Å²) in [4.78, 5) is 16.8. The molecule has 4 aromatic heterocycles. The van der Waals surface area contributed by atoms with E-state index in [9.17, 15) is 0 Å². The molecular formula is C70H41N3O2S. The molecule has 0 atom stereocenters. The maximum atomic E-state index is 6.34. The molecule has 15 aromatic rings. The van der Waals surface area contributed by atoms with E-state index in [4.69, 9.17) is 23.8 Å². The molecule has 0 saturated carbocycles. The van der Waals surface area contributed by atoms with Gasteiger partial charge < -0.3 is 8.83 Å². The quantitative estimate of drug-likeness (QED) is 0.159. The number of fused-ring (bicyclic) bond motifs is 12. The topological polar surface area (TPSA) is 65.0 Å². The normalized spacial score (nSPS) is 12.8. The molecular weight excluding hydrogens is 947 g/mol. The molecule has 5 nitrogen and oxygen atoms in total. The number of thiophene rings is 1. The van der Waals surface area contributed by atoms with E-state index in [2.05, 4.69) is 224 Å². The molecule has 76 heavy (non-hydrogen) atoms. The Kier molecular flexibility index (Phi) is 9.35. The molecule has 0 amide bonds. The molecule has 0 N–H and O–H groups in total. The summed E-state index contributed by atoms with van der Waals surface area (Å²) < 4.78 is 15.0. The van der Waals surface area contributed by atoms with Crippen molar-refractivity contribution in [3.05, 3.63) is 271 Å². The van der Waals surface area contributed by atoms with E-state index in [0.717, 1.165) is 98.6 Å². The third kappa shape index (κ3) is 6.41. The van der Waals surface area contributed by atoms with Gasteiger partial charge in [0.15, 0.2) is 17.5 Å². The molecule has 0 fully saturated rings. The summed E-state index contributed by atoms with van der Waals surface area (Å²) in [5.41, 5.74) is 16.8. The van der Waals surface area contributed by atoms with Crippen LogP contribution in [0.2, 0.25) is 0 Å². The highest BCUT2D eigenvalue weighted by Gasteiger charge is 2.47. The van der Waals surface area contributed by atoms with Crippen LogP contribution in [0.1, 0.15) is 22.3 Å². The van der Waals surface area contributed by atoms with E-state index in [0.29, 0.717) is 17.5 Å². The number of para-hydroxylation sites is 2. The maximum absolute atomic E-state index is 6.34. The monoisotopic (exact) mass is 987 g/mol. The SMILES string of the molecule is c1ccc(C2(c3ccccc3)c3ccccc3-c3c(-c4nc(-c5cc(-c6ccc7oc8ccccc8c7c6)cc(-c6ccc7oc8ccccc8c7c6)c5)nc(-c5cccc6c5sc5ccccc56)n4)cccc32)cc1. The molecule has 0 bridgehead atoms. The number of nitrogens with zero attached hydrogens (tertiary/aromatic N) is 3. The van der Waals surface area contributed by atoms with Crippen LogP contribution in [0.4, 0.5) is 0 Å². The summed E-state index contributed by atoms with van der Waals surface area (Å²) >= 11 is 1.78. The summed E-state index contributed by atoms with van der Waals surface area (Å²) in [5.74, 6) is 1.79. The third-order valence-electron chi connectivity index (χ3n) is 15.6. The Morgan fingerprint density at radius 1 is 0.303 bits per heavy atom. The van der Waals surface area contributed by atoms with Crippen molar-refractivity contribution in [3.8, 4) is 67.5 Å². The van der Waals surface area contributed by atoms with Gasteiger partial charge in [-0.15, -0.1) is 11.3 Å². The first-order valence-corrected chi connectivity index (χ1v) is 26.5. The summed E-state index contributed by atoms with van der Waals surface area (Å²) in [6.45, 7) is 0. The average molecular weight is 988 g/mol. The lowest BCUT2D eigenvalue weighted by molar-refractivity contribution is 0.668. The van der Waals surface area contributed by atoms with E-state index < -0.39 is 5.41 Å². The van der Waals surface area contributed by atoms with Crippen LogP contribution in [0, 0.1) is 0 Å². The summed E-state index contributed by atoms with van der Waals surface area (Å²) in [7, 11) is 0. The lowest BCUT2D eigenvalue weighted by Crippen LogP contribution is -2.28. The van der Waals surface area contributed by atoms with Crippen molar-refractivity contribution in [2.45, 2.75) is 5.41 Å². The van der Waals surface area contributed by atoms with Gasteiger partial charge in [0.1, 0.15) is 22.3 Å². The Morgan fingerprint density at radius 3 is 1.45 bits per heavy atom. The first-order valence-electron chi connectivity index (χ1n) is 25.6. The number of furan rings is 2. The zero-order valence-corrected chi connectivity index (χ0v) is 41.6. The van der Waals surface area contributed by atoms with Gasteiger partial charge in [-0.05, 0) is 122 Å². The molecule has 0 unspecified atom stereocenters. The van der Waals surface area contributed by atoms with Crippen molar-refractivity contribution in [1.82, 2.24) is 15.0 Å². The predicted octanol–water partition coefficient (Wildman–Crippen LogP) is 18.7. The van der Waals surface area contributed by atoms with Gasteiger partial charge in [-0.1, -0.05) is 182 Å². The smallest absolute Gasteiger partial charge is 0.165 e. The molecule has 6 heteroatoms. The van der Waals surface area contributed by atoms with Gasteiger partial charge >= 0.3 is 0 Å². The number of benzene rings is 11. The summed E-state index contributed by atoms with van der Waals surface area (Å²) in [5, 5.41) is 6.68. The predicted molar refractivity (Wildman–Crippen MR) is 312 cm³/mol. The molecule has 0 radical (unpaired) electrons. The first kappa shape index (κ1) is 42.7. The second-order valence-corrected chi connectivity index (χ2v) is 20.8. The number of hydrogen-bond donors (Lipinski definition) is 0. The number of hydrogen-bond acceptors (Lipinski definition) is 6. The van der Waals surface area contributed by atoms with Crippen LogP contribution >= 0.6 is 11.3 Å². The minimum absolute atomic E-state index is 0.576. The van der Waals surface area contributed by atoms with Crippen LogP contribution in [0.15, 0.2) is 258 Å². The maximum Gasteiger partial charge on any atom is 0.165 e. The second kappa shape index (κ2) is 16.6.